The molecule has 5 heteroatoms. The number of alkyl halides is 3. The minimum absolute atomic E-state index is 0.399. The molecule has 0 aromatic rings. The Morgan fingerprint density at radius 3 is 2.28 bits per heavy atom. The zero-order valence-electron chi connectivity index (χ0n) is 11.6. The second-order valence-corrected chi connectivity index (χ2v) is 6.17. The maximum Gasteiger partial charge on any atom is 0.401 e. The highest BCUT2D eigenvalue weighted by Gasteiger charge is 2.29. The predicted octanol–water partition coefficient (Wildman–Crippen LogP) is 3.04. The number of hydrogen-bond acceptors (Lipinski definition) is 2. The number of nitrogens with zero attached hydrogens (tertiary/aromatic N) is 1. The number of hydrogen-bond donors (Lipinski definition) is 1. The van der Waals surface area contributed by atoms with E-state index in [0.29, 0.717) is 24.5 Å². The molecule has 0 bridgehead atoms. The zero-order chi connectivity index (χ0) is 13.8. The average Bonchev–Trinajstić information content (AvgIpc) is 2.22. The lowest BCUT2D eigenvalue weighted by Gasteiger charge is -2.38. The average molecular weight is 266 g/mol. The monoisotopic (exact) mass is 266 g/mol. The molecule has 18 heavy (non-hydrogen) atoms. The summed E-state index contributed by atoms with van der Waals surface area (Å²) in [4.78, 5) is 2.19. The van der Waals surface area contributed by atoms with E-state index in [1.54, 1.807) is 0 Å². The van der Waals surface area contributed by atoms with Crippen LogP contribution in [-0.2, 0) is 0 Å². The van der Waals surface area contributed by atoms with Gasteiger partial charge in [0.1, 0.15) is 0 Å². The smallest absolute Gasteiger partial charge is 0.307 e. The molecule has 1 rings (SSSR count). The molecule has 1 fully saturated rings. The van der Waals surface area contributed by atoms with Gasteiger partial charge in [0.2, 0.25) is 0 Å². The molecule has 1 saturated carbocycles. The fourth-order valence-corrected chi connectivity index (χ4v) is 2.49. The molecule has 0 heterocycles. The lowest BCUT2D eigenvalue weighted by atomic mass is 9.75. The molecular weight excluding hydrogens is 241 g/mol. The summed E-state index contributed by atoms with van der Waals surface area (Å²) < 4.78 is 35.8. The third kappa shape index (κ3) is 6.05. The van der Waals surface area contributed by atoms with Gasteiger partial charge in [-0.1, -0.05) is 13.8 Å². The van der Waals surface area contributed by atoms with E-state index in [-0.39, 0.29) is 0 Å². The fourth-order valence-electron chi connectivity index (χ4n) is 2.49. The van der Waals surface area contributed by atoms with Gasteiger partial charge in [-0.15, -0.1) is 0 Å². The molecule has 0 spiro atoms. The summed E-state index contributed by atoms with van der Waals surface area (Å²) in [6, 6.07) is 0.533. The van der Waals surface area contributed by atoms with Crippen LogP contribution in [0.2, 0.25) is 0 Å². The molecule has 1 aliphatic rings. The lowest BCUT2D eigenvalue weighted by Crippen LogP contribution is -2.41. The van der Waals surface area contributed by atoms with Crippen LogP contribution >= 0.6 is 0 Å². The normalized spacial score (nSPS) is 21.5. The van der Waals surface area contributed by atoms with Crippen molar-refractivity contribution >= 4 is 0 Å². The highest BCUT2D eigenvalue weighted by molar-refractivity contribution is 4.83. The molecule has 0 radical (unpaired) electrons. The van der Waals surface area contributed by atoms with Crippen LogP contribution in [0.25, 0.3) is 0 Å². The van der Waals surface area contributed by atoms with Gasteiger partial charge in [-0.05, 0) is 38.1 Å². The molecule has 108 valence electrons. The van der Waals surface area contributed by atoms with Crippen LogP contribution in [0.15, 0.2) is 0 Å². The highest BCUT2D eigenvalue weighted by atomic mass is 19.4. The molecular formula is C13H25F3N2. The van der Waals surface area contributed by atoms with Gasteiger partial charge in [-0.2, -0.15) is 13.2 Å². The van der Waals surface area contributed by atoms with Crippen molar-refractivity contribution in [2.45, 2.75) is 51.7 Å². The summed E-state index contributed by atoms with van der Waals surface area (Å²) >= 11 is 0. The van der Waals surface area contributed by atoms with E-state index in [0.717, 1.165) is 12.8 Å². The first-order chi connectivity index (χ1) is 8.20. The van der Waals surface area contributed by atoms with Crippen molar-refractivity contribution in [3.8, 4) is 0 Å². The molecule has 1 aliphatic carbocycles. The highest BCUT2D eigenvalue weighted by Crippen LogP contribution is 2.36. The topological polar surface area (TPSA) is 15.3 Å². The molecule has 0 aliphatic heterocycles. The second-order valence-electron chi connectivity index (χ2n) is 6.17. The Morgan fingerprint density at radius 1 is 1.22 bits per heavy atom. The number of halogens is 3. The third-order valence-electron chi connectivity index (χ3n) is 3.90. The maximum atomic E-state index is 11.9. The van der Waals surface area contributed by atoms with Gasteiger partial charge in [0.15, 0.2) is 0 Å². The van der Waals surface area contributed by atoms with E-state index in [9.17, 15) is 13.2 Å². The van der Waals surface area contributed by atoms with Crippen LogP contribution in [-0.4, -0.2) is 43.8 Å². The molecule has 0 atom stereocenters. The van der Waals surface area contributed by atoms with Crippen molar-refractivity contribution in [3.05, 3.63) is 0 Å². The predicted molar refractivity (Wildman–Crippen MR) is 67.6 cm³/mol. The first-order valence-electron chi connectivity index (χ1n) is 6.67. The molecule has 0 saturated heterocycles. The van der Waals surface area contributed by atoms with Crippen LogP contribution in [0.1, 0.15) is 39.5 Å². The minimum Gasteiger partial charge on any atom is -0.307 e. The van der Waals surface area contributed by atoms with Crippen LogP contribution in [0, 0.1) is 5.41 Å². The van der Waals surface area contributed by atoms with Crippen molar-refractivity contribution in [2.24, 2.45) is 5.41 Å². The Kier molecular flexibility index (Phi) is 5.46. The van der Waals surface area contributed by atoms with Gasteiger partial charge in [0.25, 0.3) is 0 Å². The van der Waals surface area contributed by atoms with E-state index in [2.05, 4.69) is 24.1 Å². The van der Waals surface area contributed by atoms with Gasteiger partial charge in [-0.25, -0.2) is 0 Å². The first kappa shape index (κ1) is 15.8. The molecule has 0 aromatic heterocycles. The Balaban J connectivity index is 2.16. The molecule has 1 N–H and O–H groups in total. The van der Waals surface area contributed by atoms with E-state index in [1.807, 2.05) is 7.05 Å². The molecule has 0 aromatic carbocycles. The SMILES string of the molecule is CN(CCNCC(F)(F)F)C1CCC(C)(C)CC1. The van der Waals surface area contributed by atoms with Crippen molar-refractivity contribution in [3.63, 3.8) is 0 Å². The fraction of sp³-hybridized carbons (Fsp3) is 1.00. The summed E-state index contributed by atoms with van der Waals surface area (Å²) in [6.07, 6.45) is 0.620. The largest absolute Gasteiger partial charge is 0.401 e. The standard InChI is InChI=1S/C13H25F3N2/c1-12(2)6-4-11(5-7-12)18(3)9-8-17-10-13(14,15)16/h11,17H,4-10H2,1-3H3. The van der Waals surface area contributed by atoms with E-state index in [1.165, 1.54) is 12.8 Å². The van der Waals surface area contributed by atoms with Gasteiger partial charge in [0.05, 0.1) is 6.54 Å². The summed E-state index contributed by atoms with van der Waals surface area (Å²) in [7, 11) is 2.01. The van der Waals surface area contributed by atoms with Gasteiger partial charge in [-0.3, -0.25) is 0 Å². The van der Waals surface area contributed by atoms with E-state index in [4.69, 9.17) is 0 Å². The van der Waals surface area contributed by atoms with E-state index < -0.39 is 12.7 Å². The maximum absolute atomic E-state index is 11.9. The van der Waals surface area contributed by atoms with Gasteiger partial charge in [0, 0.05) is 19.1 Å². The third-order valence-corrected chi connectivity index (χ3v) is 3.90. The van der Waals surface area contributed by atoms with Crippen LogP contribution in [0.3, 0.4) is 0 Å². The number of nitrogens with one attached hydrogen (secondary N) is 1. The van der Waals surface area contributed by atoms with Crippen LogP contribution in [0.5, 0.6) is 0 Å². The number of likely N-dealkylation sites (N-methyl/N-ethyl adjacent to an activating group) is 1. The molecule has 2 nitrogen and oxygen atoms in total. The zero-order valence-corrected chi connectivity index (χ0v) is 11.6. The molecule has 0 unspecified atom stereocenters. The number of rotatable bonds is 5. The van der Waals surface area contributed by atoms with Crippen LogP contribution < -0.4 is 5.32 Å². The Labute approximate surface area is 108 Å². The second kappa shape index (κ2) is 6.24. The van der Waals surface area contributed by atoms with Crippen LogP contribution in [0.4, 0.5) is 13.2 Å². The molecule has 0 amide bonds. The quantitative estimate of drug-likeness (QED) is 0.769. The Morgan fingerprint density at radius 2 is 1.78 bits per heavy atom. The first-order valence-corrected chi connectivity index (χ1v) is 6.67. The summed E-state index contributed by atoms with van der Waals surface area (Å²) in [5.41, 5.74) is 0.436. The van der Waals surface area contributed by atoms with Crippen molar-refractivity contribution in [2.75, 3.05) is 26.7 Å². The van der Waals surface area contributed by atoms with Gasteiger partial charge < -0.3 is 10.2 Å². The van der Waals surface area contributed by atoms with E-state index >= 15 is 0 Å². The summed E-state index contributed by atoms with van der Waals surface area (Å²) in [5, 5.41) is 2.44. The van der Waals surface area contributed by atoms with Gasteiger partial charge >= 0.3 is 6.18 Å². The Hall–Kier alpha value is -0.290. The minimum atomic E-state index is -4.10. The summed E-state index contributed by atoms with van der Waals surface area (Å²) in [5.74, 6) is 0. The summed E-state index contributed by atoms with van der Waals surface area (Å²) in [6.45, 7) is 4.76. The van der Waals surface area contributed by atoms with Crippen molar-refractivity contribution < 1.29 is 13.2 Å². The van der Waals surface area contributed by atoms with Crippen molar-refractivity contribution in [1.29, 1.82) is 0 Å². The lowest BCUT2D eigenvalue weighted by molar-refractivity contribution is -0.124. The Bertz CT molecular complexity index is 241. The van der Waals surface area contributed by atoms with Crippen molar-refractivity contribution in [1.82, 2.24) is 10.2 Å².